The van der Waals surface area contributed by atoms with Gasteiger partial charge in [-0.05, 0) is 32.9 Å². The molecule has 9 nitrogen and oxygen atoms in total. The summed E-state index contributed by atoms with van der Waals surface area (Å²) in [4.78, 5) is 11.4. The monoisotopic (exact) mass is 457 g/mol. The summed E-state index contributed by atoms with van der Waals surface area (Å²) >= 11 is 0. The van der Waals surface area contributed by atoms with E-state index in [9.17, 15) is 4.79 Å². The normalized spacial score (nSPS) is 11.3. The van der Waals surface area contributed by atoms with Crippen molar-refractivity contribution >= 4 is 6.09 Å². The molecule has 0 heterocycles. The first-order chi connectivity index (χ1) is 15.5. The van der Waals surface area contributed by atoms with Crippen LogP contribution in [0.1, 0.15) is 20.8 Å². The second-order valence-electron chi connectivity index (χ2n) is 7.65. The minimum atomic E-state index is -0.500. The number of ether oxygens (including phenoxy) is 7. The van der Waals surface area contributed by atoms with Gasteiger partial charge in [-0.3, -0.25) is 0 Å². The Bertz CT molecular complexity index is 565. The van der Waals surface area contributed by atoms with Crippen LogP contribution >= 0.6 is 0 Å². The molecular weight excluding hydrogens is 418 g/mol. The molecule has 0 saturated heterocycles. The molecule has 0 bridgehead atoms. The average Bonchev–Trinajstić information content (AvgIpc) is 2.75. The molecule has 1 rings (SSSR count). The zero-order valence-electron chi connectivity index (χ0n) is 19.6. The van der Waals surface area contributed by atoms with Crippen LogP contribution < -0.4 is 10.1 Å². The van der Waals surface area contributed by atoms with Crippen molar-refractivity contribution in [3.05, 3.63) is 30.3 Å². The van der Waals surface area contributed by atoms with Gasteiger partial charge in [0.2, 0.25) is 0 Å². The number of hydrogen-bond acceptors (Lipinski definition) is 8. The Morgan fingerprint density at radius 3 is 1.59 bits per heavy atom. The summed E-state index contributed by atoms with van der Waals surface area (Å²) in [5, 5.41) is 2.63. The van der Waals surface area contributed by atoms with Crippen LogP contribution in [0.25, 0.3) is 0 Å². The quantitative estimate of drug-likeness (QED) is 0.317. The molecule has 0 aliphatic carbocycles. The first-order valence-electron chi connectivity index (χ1n) is 11.0. The van der Waals surface area contributed by atoms with Gasteiger partial charge in [-0.1, -0.05) is 18.2 Å². The van der Waals surface area contributed by atoms with Crippen LogP contribution in [0.3, 0.4) is 0 Å². The van der Waals surface area contributed by atoms with Gasteiger partial charge in [0.1, 0.15) is 18.0 Å². The van der Waals surface area contributed by atoms with Gasteiger partial charge >= 0.3 is 6.09 Å². The van der Waals surface area contributed by atoms with Gasteiger partial charge in [0.25, 0.3) is 0 Å². The first kappa shape index (κ1) is 28.1. The highest BCUT2D eigenvalue weighted by Crippen LogP contribution is 2.07. The topological polar surface area (TPSA) is 93.7 Å². The Morgan fingerprint density at radius 1 is 0.688 bits per heavy atom. The SMILES string of the molecule is CC(C)(C)OC(=O)NCCOCCOCCOCCOCCOCCOc1ccccc1. The molecule has 9 heteroatoms. The van der Waals surface area contributed by atoms with Crippen molar-refractivity contribution in [1.29, 1.82) is 0 Å². The predicted molar refractivity (Wildman–Crippen MR) is 120 cm³/mol. The van der Waals surface area contributed by atoms with Crippen LogP contribution in [-0.2, 0) is 28.4 Å². The molecule has 0 spiro atoms. The lowest BCUT2D eigenvalue weighted by Gasteiger charge is -2.19. The molecule has 0 saturated carbocycles. The van der Waals surface area contributed by atoms with Crippen molar-refractivity contribution in [2.45, 2.75) is 26.4 Å². The van der Waals surface area contributed by atoms with E-state index in [1.807, 2.05) is 51.1 Å². The molecule has 0 radical (unpaired) electrons. The van der Waals surface area contributed by atoms with E-state index in [0.717, 1.165) is 5.75 Å². The fourth-order valence-electron chi connectivity index (χ4n) is 2.26. The van der Waals surface area contributed by atoms with E-state index in [1.54, 1.807) is 0 Å². The summed E-state index contributed by atoms with van der Waals surface area (Å²) in [6.07, 6.45) is -0.445. The number of carbonyl (C=O) groups is 1. The summed E-state index contributed by atoms with van der Waals surface area (Å²) in [5.74, 6) is 0.841. The van der Waals surface area contributed by atoms with Gasteiger partial charge in [0.15, 0.2) is 0 Å². The van der Waals surface area contributed by atoms with E-state index in [2.05, 4.69) is 5.32 Å². The summed E-state index contributed by atoms with van der Waals surface area (Å²) in [6, 6.07) is 9.65. The molecule has 1 aromatic rings. The number of para-hydroxylation sites is 1. The van der Waals surface area contributed by atoms with Crippen molar-refractivity contribution in [3.63, 3.8) is 0 Å². The van der Waals surface area contributed by atoms with Crippen LogP contribution in [0.15, 0.2) is 30.3 Å². The minimum absolute atomic E-state index is 0.393. The van der Waals surface area contributed by atoms with Gasteiger partial charge < -0.3 is 38.5 Å². The molecule has 0 aliphatic rings. The Morgan fingerprint density at radius 2 is 1.12 bits per heavy atom. The van der Waals surface area contributed by atoms with Gasteiger partial charge in [-0.25, -0.2) is 4.79 Å². The summed E-state index contributed by atoms with van der Waals surface area (Å²) in [5.41, 5.74) is -0.500. The van der Waals surface area contributed by atoms with Crippen LogP contribution in [-0.4, -0.2) is 90.9 Å². The third kappa shape index (κ3) is 18.8. The zero-order chi connectivity index (χ0) is 23.3. The van der Waals surface area contributed by atoms with Gasteiger partial charge in [-0.15, -0.1) is 0 Å². The van der Waals surface area contributed by atoms with Crippen LogP contribution in [0.4, 0.5) is 4.79 Å². The fraction of sp³-hybridized carbons (Fsp3) is 0.696. The van der Waals surface area contributed by atoms with Crippen molar-refractivity contribution in [3.8, 4) is 5.75 Å². The standard InChI is InChI=1S/C23H39NO8/c1-23(2,3)32-22(25)24-9-10-26-11-12-27-13-14-28-15-16-29-17-18-30-19-20-31-21-7-5-4-6-8-21/h4-8H,9-20H2,1-3H3,(H,24,25). The maximum Gasteiger partial charge on any atom is 0.407 e. The van der Waals surface area contributed by atoms with Crippen LogP contribution in [0, 0.1) is 0 Å². The Labute approximate surface area is 191 Å². The molecule has 1 amide bonds. The molecule has 0 unspecified atom stereocenters. The third-order valence-electron chi connectivity index (χ3n) is 3.64. The smallest absolute Gasteiger partial charge is 0.407 e. The minimum Gasteiger partial charge on any atom is -0.491 e. The van der Waals surface area contributed by atoms with E-state index in [0.29, 0.717) is 79.2 Å². The zero-order valence-corrected chi connectivity index (χ0v) is 19.6. The Balaban J connectivity index is 1.71. The largest absolute Gasteiger partial charge is 0.491 e. The molecule has 1 aromatic carbocycles. The Hall–Kier alpha value is -1.91. The molecule has 0 aromatic heterocycles. The molecule has 0 aliphatic heterocycles. The van der Waals surface area contributed by atoms with E-state index in [4.69, 9.17) is 33.2 Å². The molecular formula is C23H39NO8. The van der Waals surface area contributed by atoms with Gasteiger partial charge in [0.05, 0.1) is 66.1 Å². The lowest BCUT2D eigenvalue weighted by atomic mass is 10.2. The number of nitrogens with one attached hydrogen (secondary N) is 1. The molecule has 0 atom stereocenters. The highest BCUT2D eigenvalue weighted by Gasteiger charge is 2.15. The van der Waals surface area contributed by atoms with Crippen LogP contribution in [0.2, 0.25) is 0 Å². The number of amides is 1. The molecule has 1 N–H and O–H groups in total. The van der Waals surface area contributed by atoms with Gasteiger partial charge in [-0.2, -0.15) is 0 Å². The van der Waals surface area contributed by atoms with E-state index < -0.39 is 11.7 Å². The summed E-state index contributed by atoms with van der Waals surface area (Å²) < 4.78 is 37.7. The van der Waals surface area contributed by atoms with Crippen molar-refractivity contribution in [2.75, 3.05) is 79.2 Å². The Kier molecular flexibility index (Phi) is 16.4. The number of carbonyl (C=O) groups excluding carboxylic acids is 1. The third-order valence-corrected chi connectivity index (χ3v) is 3.64. The molecule has 32 heavy (non-hydrogen) atoms. The summed E-state index contributed by atoms with van der Waals surface area (Å²) in [6.45, 7) is 11.3. The maximum absolute atomic E-state index is 11.4. The number of benzene rings is 1. The number of rotatable bonds is 19. The second-order valence-corrected chi connectivity index (χ2v) is 7.65. The van der Waals surface area contributed by atoms with Crippen molar-refractivity contribution in [2.24, 2.45) is 0 Å². The highest BCUT2D eigenvalue weighted by molar-refractivity contribution is 5.67. The van der Waals surface area contributed by atoms with Crippen molar-refractivity contribution < 1.29 is 38.0 Å². The van der Waals surface area contributed by atoms with E-state index >= 15 is 0 Å². The highest BCUT2D eigenvalue weighted by atomic mass is 16.6. The maximum atomic E-state index is 11.4. The second kappa shape index (κ2) is 18.6. The number of hydrogen-bond donors (Lipinski definition) is 1. The first-order valence-corrected chi connectivity index (χ1v) is 11.0. The van der Waals surface area contributed by atoms with Crippen molar-refractivity contribution in [1.82, 2.24) is 5.32 Å². The lowest BCUT2D eigenvalue weighted by Crippen LogP contribution is -2.34. The molecule has 0 fully saturated rings. The number of alkyl carbamates (subject to hydrolysis) is 1. The van der Waals surface area contributed by atoms with E-state index in [-0.39, 0.29) is 0 Å². The summed E-state index contributed by atoms with van der Waals surface area (Å²) in [7, 11) is 0. The molecule has 184 valence electrons. The average molecular weight is 458 g/mol. The fourth-order valence-corrected chi connectivity index (χ4v) is 2.26. The predicted octanol–water partition coefficient (Wildman–Crippen LogP) is 2.67. The van der Waals surface area contributed by atoms with E-state index in [1.165, 1.54) is 0 Å². The van der Waals surface area contributed by atoms with Gasteiger partial charge in [0, 0.05) is 6.54 Å². The lowest BCUT2D eigenvalue weighted by molar-refractivity contribution is -0.0126. The van der Waals surface area contributed by atoms with Crippen LogP contribution in [0.5, 0.6) is 5.75 Å².